The number of aromatic nitrogens is 5. The van der Waals surface area contributed by atoms with E-state index < -0.39 is 0 Å². The van der Waals surface area contributed by atoms with E-state index in [2.05, 4.69) is 466 Å². The fourth-order valence-electron chi connectivity index (χ4n) is 20.9. The van der Waals surface area contributed by atoms with E-state index in [0.717, 1.165) is 0 Å². The lowest BCUT2D eigenvalue weighted by Crippen LogP contribution is -1.94. The normalized spacial score (nSPS) is 12.0. The Morgan fingerprint density at radius 1 is 0.140 bits per heavy atom. The van der Waals surface area contributed by atoms with Crippen molar-refractivity contribution in [3.05, 3.63) is 443 Å². The number of rotatable bonds is 8. The standard InChI is InChI=1S/C46H28N2S.C38H24N2S.C36H21NS2/c1-3-13-31(14-4-1)47-40-22-12-11-19-35(40)38-27-29(23-25-41(38)47)30-24-26-42-39(28-30)45-46(49-42)43-36-20-9-7-17-33(36)34-18-8-10-21-37(34)44(43)48(45)32-15-5-2-6-16-32;1-2-12-27(13-3-1)40-35-22-21-26(24-32(35)38-37(40)31-17-6-9-20-36(31)41-38)25-11-10-14-28(23-25)39-33-18-7-4-15-29(33)30-16-5-8-19-34(30)39;1-2-10-26(11-3-1)37-31-20-23-9-5-4-8-22(23)18-29(31)36-35(37)30-19-24(15-17-33(30)39-36)25-14-16-28-27-12-6-7-13-32(27)38-34(28)21-25/h1-28H;1-24H;1-21H. The van der Waals surface area contributed by atoms with Gasteiger partial charge in [0.05, 0.1) is 69.3 Å². The minimum atomic E-state index is 1.17. The molecule has 29 rings (SSSR count). The van der Waals surface area contributed by atoms with Crippen molar-refractivity contribution in [2.45, 2.75) is 0 Å². The Balaban J connectivity index is 0.000000101. The lowest BCUT2D eigenvalue weighted by molar-refractivity contribution is 1.18. The molecule has 29 aromatic rings. The molecule has 0 amide bonds. The van der Waals surface area contributed by atoms with Gasteiger partial charge in [-0.1, -0.05) is 285 Å². The third-order valence-corrected chi connectivity index (χ3v) is 31.2. The zero-order valence-electron chi connectivity index (χ0n) is 69.5. The van der Waals surface area contributed by atoms with E-state index in [1.54, 1.807) is 0 Å². The van der Waals surface area contributed by atoms with Crippen molar-refractivity contribution in [1.82, 2.24) is 22.8 Å². The Morgan fingerprint density at radius 3 is 1.09 bits per heavy atom. The minimum absolute atomic E-state index is 1.17. The van der Waals surface area contributed by atoms with Gasteiger partial charge in [-0.05, 0) is 218 Å². The Labute approximate surface area is 756 Å². The number of thiophene rings is 4. The van der Waals surface area contributed by atoms with Gasteiger partial charge in [0.15, 0.2) is 0 Å². The van der Waals surface area contributed by atoms with E-state index in [-0.39, 0.29) is 0 Å². The first-order valence-electron chi connectivity index (χ1n) is 43.9. The summed E-state index contributed by atoms with van der Waals surface area (Å²) in [5.41, 5.74) is 25.9. The molecule has 9 aromatic heterocycles. The second-order valence-corrected chi connectivity index (χ2v) is 37.9. The summed E-state index contributed by atoms with van der Waals surface area (Å²) in [6.07, 6.45) is 0. The van der Waals surface area contributed by atoms with Crippen LogP contribution in [0.25, 0.3) is 252 Å². The van der Waals surface area contributed by atoms with Gasteiger partial charge in [0.25, 0.3) is 0 Å². The highest BCUT2D eigenvalue weighted by Crippen LogP contribution is 2.52. The summed E-state index contributed by atoms with van der Waals surface area (Å²) >= 11 is 7.59. The van der Waals surface area contributed by atoms with Gasteiger partial charge in [-0.3, -0.25) is 0 Å². The van der Waals surface area contributed by atoms with Gasteiger partial charge < -0.3 is 22.8 Å². The molecule has 0 bridgehead atoms. The number of hydrogen-bond donors (Lipinski definition) is 0. The molecule has 5 nitrogen and oxygen atoms in total. The van der Waals surface area contributed by atoms with Crippen molar-refractivity contribution in [1.29, 1.82) is 0 Å². The Morgan fingerprint density at radius 2 is 0.488 bits per heavy atom. The Kier molecular flexibility index (Phi) is 16.8. The molecule has 0 saturated heterocycles. The molecule has 9 heterocycles. The second kappa shape index (κ2) is 29.5. The topological polar surface area (TPSA) is 24.6 Å². The number of fused-ring (bicyclic) bond motifs is 30. The highest BCUT2D eigenvalue weighted by molar-refractivity contribution is 7.28. The molecule has 602 valence electrons. The van der Waals surface area contributed by atoms with E-state index in [4.69, 9.17) is 0 Å². The first-order valence-corrected chi connectivity index (χ1v) is 47.2. The van der Waals surface area contributed by atoms with Crippen LogP contribution in [0.15, 0.2) is 443 Å². The lowest BCUT2D eigenvalue weighted by Gasteiger charge is -2.12. The molecule has 0 fully saturated rings. The highest BCUT2D eigenvalue weighted by atomic mass is 32.1. The predicted molar refractivity (Wildman–Crippen MR) is 559 cm³/mol. The fraction of sp³-hybridized carbons (Fsp3) is 0. The smallest absolute Gasteiger partial charge is 0.0728 e. The van der Waals surface area contributed by atoms with E-state index in [9.17, 15) is 0 Å². The van der Waals surface area contributed by atoms with Crippen molar-refractivity contribution in [3.8, 4) is 61.8 Å². The van der Waals surface area contributed by atoms with Crippen molar-refractivity contribution in [2.75, 3.05) is 0 Å². The predicted octanol–water partition coefficient (Wildman–Crippen LogP) is 35.0. The molecular formula is C120H73N5S4. The second-order valence-electron chi connectivity index (χ2n) is 33.7. The van der Waals surface area contributed by atoms with Gasteiger partial charge in [0.2, 0.25) is 0 Å². The van der Waals surface area contributed by atoms with Crippen molar-refractivity contribution in [3.63, 3.8) is 0 Å². The summed E-state index contributed by atoms with van der Waals surface area (Å²) in [4.78, 5) is 0. The van der Waals surface area contributed by atoms with Crippen LogP contribution >= 0.6 is 45.3 Å². The van der Waals surface area contributed by atoms with Gasteiger partial charge in [0, 0.05) is 122 Å². The number of nitrogens with zero attached hydrogens (tertiary/aromatic N) is 5. The zero-order valence-corrected chi connectivity index (χ0v) is 72.8. The van der Waals surface area contributed by atoms with Crippen LogP contribution in [0, 0.1) is 0 Å². The number of benzene rings is 20. The maximum atomic E-state index is 2.53. The summed E-state index contributed by atoms with van der Waals surface area (Å²) in [5.74, 6) is 0. The molecule has 0 saturated carbocycles. The largest absolute Gasteiger partial charge is 0.309 e. The maximum Gasteiger partial charge on any atom is 0.0728 e. The van der Waals surface area contributed by atoms with Crippen molar-refractivity contribution < 1.29 is 0 Å². The molecule has 0 radical (unpaired) electrons. The molecule has 0 aliphatic rings. The van der Waals surface area contributed by atoms with Crippen molar-refractivity contribution in [2.24, 2.45) is 0 Å². The summed E-state index contributed by atoms with van der Waals surface area (Å²) in [6, 6.07) is 162. The van der Waals surface area contributed by atoms with Gasteiger partial charge in [-0.25, -0.2) is 0 Å². The molecule has 20 aromatic carbocycles. The first-order chi connectivity index (χ1) is 64.0. The molecule has 0 aliphatic heterocycles. The third-order valence-electron chi connectivity index (χ3n) is 26.5. The summed E-state index contributed by atoms with van der Waals surface area (Å²) in [5, 5.41) is 23.4. The quantitative estimate of drug-likeness (QED) is 0.136. The molecule has 0 atom stereocenters. The summed E-state index contributed by atoms with van der Waals surface area (Å²) < 4.78 is 22.9. The van der Waals surface area contributed by atoms with Crippen LogP contribution in [0.4, 0.5) is 0 Å². The van der Waals surface area contributed by atoms with Gasteiger partial charge >= 0.3 is 0 Å². The van der Waals surface area contributed by atoms with Crippen LogP contribution in [0.3, 0.4) is 0 Å². The number of hydrogen-bond acceptors (Lipinski definition) is 4. The lowest BCUT2D eigenvalue weighted by atomic mass is 9.98. The SMILES string of the molecule is c1ccc(-n2c3cc4ccccc4cc3c3sc4ccc(-c5ccc6c(c5)sc5ccccc56)cc4c32)cc1.c1ccc(-n2c3ccc(-c4cccc(-n5c6ccccc6c6ccccc65)c4)cc3c3sc4ccccc4c32)cc1.c1ccc(-n2c3ccccc3c3cc(-c4ccc5sc6c7c8ccccc8c8ccccc8c7n(-c7ccccc7)c6c5c4)ccc32)cc1. The molecule has 0 unspecified atom stereocenters. The van der Waals surface area contributed by atoms with Crippen LogP contribution < -0.4 is 0 Å². The fourth-order valence-corrected chi connectivity index (χ4v) is 25.6. The summed E-state index contributed by atoms with van der Waals surface area (Å²) in [6.45, 7) is 0. The van der Waals surface area contributed by atoms with Crippen LogP contribution in [0.5, 0.6) is 0 Å². The van der Waals surface area contributed by atoms with Crippen LogP contribution in [-0.2, 0) is 0 Å². The van der Waals surface area contributed by atoms with Crippen LogP contribution in [0.1, 0.15) is 0 Å². The van der Waals surface area contributed by atoms with E-state index >= 15 is 0 Å². The van der Waals surface area contributed by atoms with Gasteiger partial charge in [-0.15, -0.1) is 45.3 Å². The average molecular weight is 1710 g/mol. The third kappa shape index (κ3) is 11.6. The van der Waals surface area contributed by atoms with E-state index in [1.165, 1.54) is 252 Å². The Bertz CT molecular complexity index is 9590. The molecule has 9 heteroatoms. The Hall–Kier alpha value is -15.7. The van der Waals surface area contributed by atoms with Crippen LogP contribution in [-0.4, -0.2) is 22.8 Å². The van der Waals surface area contributed by atoms with Crippen LogP contribution in [0.2, 0.25) is 0 Å². The van der Waals surface area contributed by atoms with Gasteiger partial charge in [-0.2, -0.15) is 0 Å². The van der Waals surface area contributed by atoms with Crippen molar-refractivity contribution >= 4 is 235 Å². The highest BCUT2D eigenvalue weighted by Gasteiger charge is 2.27. The molecular weight excluding hydrogens is 1640 g/mol. The zero-order chi connectivity index (χ0) is 84.5. The molecule has 0 aliphatic carbocycles. The molecule has 0 N–H and O–H groups in total. The first kappa shape index (κ1) is 73.6. The average Bonchev–Trinajstić information content (AvgIpc) is 1.53. The van der Waals surface area contributed by atoms with Gasteiger partial charge in [0.1, 0.15) is 0 Å². The molecule has 0 spiro atoms. The monoisotopic (exact) mass is 1710 g/mol. The van der Waals surface area contributed by atoms with E-state index in [1.807, 2.05) is 45.3 Å². The minimum Gasteiger partial charge on any atom is -0.309 e. The number of para-hydroxylation sites is 7. The maximum absolute atomic E-state index is 2.53. The summed E-state index contributed by atoms with van der Waals surface area (Å²) in [7, 11) is 0. The van der Waals surface area contributed by atoms with E-state index in [0.29, 0.717) is 0 Å². The molecule has 129 heavy (non-hydrogen) atoms.